The topological polar surface area (TPSA) is 80.4 Å². The Balaban J connectivity index is 0. The van der Waals surface area contributed by atoms with Crippen molar-refractivity contribution in [1.29, 1.82) is 0 Å². The van der Waals surface area contributed by atoms with Gasteiger partial charge in [-0.1, -0.05) is 6.92 Å². The zero-order chi connectivity index (χ0) is 7.91. The zero-order valence-corrected chi connectivity index (χ0v) is 7.00. The van der Waals surface area contributed by atoms with Crippen LogP contribution in [0.4, 0.5) is 0 Å². The van der Waals surface area contributed by atoms with Crippen LogP contribution in [-0.2, 0) is 9.15 Å². The Bertz CT molecular complexity index is 130. The van der Waals surface area contributed by atoms with Gasteiger partial charge in [-0.25, -0.2) is 0 Å². The zero-order valence-electron chi connectivity index (χ0n) is 5.36. The average molecular weight is 173 g/mol. The summed E-state index contributed by atoms with van der Waals surface area (Å²) in [6.07, 6.45) is 1.29. The number of hydrogen-bond donors (Lipinski definition) is 2. The van der Waals surface area contributed by atoms with Crippen LogP contribution >= 0.6 is 10.8 Å². The first-order valence-corrected chi connectivity index (χ1v) is 5.39. The van der Waals surface area contributed by atoms with Gasteiger partial charge in [-0.15, -0.1) is 0 Å². The van der Waals surface area contributed by atoms with Gasteiger partial charge < -0.3 is 5.73 Å². The Morgan fingerprint density at radius 3 is 1.78 bits per heavy atom. The maximum absolute atomic E-state index is 9.52. The Morgan fingerprint density at radius 2 is 1.78 bits per heavy atom. The van der Waals surface area contributed by atoms with Crippen molar-refractivity contribution >= 4 is 19.9 Å². The van der Waals surface area contributed by atoms with Gasteiger partial charge in [0.25, 0.3) is 0 Å². The molecule has 0 aromatic carbocycles. The Hall–Kier alpha value is 0.220. The molecular weight excluding hydrogens is 162 g/mol. The molecule has 0 saturated heterocycles. The molecule has 0 fully saturated rings. The predicted octanol–water partition coefficient (Wildman–Crippen LogP) is 0.117. The molecule has 9 heavy (non-hydrogen) atoms. The predicted molar refractivity (Wildman–Crippen MR) is 39.8 cm³/mol. The lowest BCUT2D eigenvalue weighted by Gasteiger charge is -1.79. The molecule has 0 spiro atoms. The first-order chi connectivity index (χ1) is 3.97. The van der Waals surface area contributed by atoms with Crippen LogP contribution in [0.5, 0.6) is 0 Å². The van der Waals surface area contributed by atoms with Crippen molar-refractivity contribution in [1.82, 2.24) is 0 Å². The van der Waals surface area contributed by atoms with Crippen LogP contribution in [0.1, 0.15) is 6.92 Å². The van der Waals surface area contributed by atoms with Crippen LogP contribution in [0.25, 0.3) is 0 Å². The highest BCUT2D eigenvalue weighted by atomic mass is 33.1. The van der Waals surface area contributed by atoms with Crippen LogP contribution in [0.3, 0.4) is 0 Å². The molecule has 58 valence electrons. The van der Waals surface area contributed by atoms with Gasteiger partial charge in [-0.05, 0) is 23.6 Å². The van der Waals surface area contributed by atoms with Crippen molar-refractivity contribution in [2.24, 2.45) is 5.73 Å². The van der Waals surface area contributed by atoms with E-state index in [0.29, 0.717) is 10.8 Å². The standard InChI is InChI=1S/C2H7N.CH4O3S2/c1-2-3;1-5-6(2,3)4/h2-3H2,1H3;1H3,(H,2,3,4). The van der Waals surface area contributed by atoms with Gasteiger partial charge in [0.15, 0.2) is 0 Å². The Labute approximate surface area is 59.0 Å². The lowest BCUT2D eigenvalue weighted by molar-refractivity contribution is 0.503. The fourth-order valence-electron chi connectivity index (χ4n) is 0. The summed E-state index contributed by atoms with van der Waals surface area (Å²) < 4.78 is 26.8. The Morgan fingerprint density at radius 1 is 1.67 bits per heavy atom. The summed E-state index contributed by atoms with van der Waals surface area (Å²) in [5, 5.41) is 0. The van der Waals surface area contributed by atoms with Crippen LogP contribution in [0.2, 0.25) is 0 Å². The second-order valence-electron chi connectivity index (χ2n) is 1.00. The number of rotatable bonds is 1. The number of hydrogen-bond acceptors (Lipinski definition) is 4. The van der Waals surface area contributed by atoms with E-state index in [1.807, 2.05) is 6.92 Å². The summed E-state index contributed by atoms with van der Waals surface area (Å²) in [5.41, 5.74) is 4.85. The van der Waals surface area contributed by atoms with Crippen molar-refractivity contribution in [3.05, 3.63) is 0 Å². The molecule has 0 aliphatic carbocycles. The third-order valence-electron chi connectivity index (χ3n) is 0.211. The molecule has 0 aliphatic rings. The summed E-state index contributed by atoms with van der Waals surface area (Å²) >= 11 is 0. The SMILES string of the molecule is CCN.CSS(=O)(=O)O. The highest BCUT2D eigenvalue weighted by molar-refractivity contribution is 8.69. The van der Waals surface area contributed by atoms with E-state index in [0.717, 1.165) is 6.54 Å². The van der Waals surface area contributed by atoms with Crippen LogP contribution in [-0.4, -0.2) is 25.8 Å². The fourth-order valence-corrected chi connectivity index (χ4v) is 0. The molecule has 0 atom stereocenters. The second kappa shape index (κ2) is 6.34. The third-order valence-corrected chi connectivity index (χ3v) is 1.90. The lowest BCUT2D eigenvalue weighted by atomic mass is 10.8. The summed E-state index contributed by atoms with van der Waals surface area (Å²) in [6.45, 7) is 2.65. The molecule has 0 bridgehead atoms. The first kappa shape index (κ1) is 12.0. The molecule has 0 heterocycles. The smallest absolute Gasteiger partial charge is 0.319 e. The monoisotopic (exact) mass is 173 g/mol. The minimum atomic E-state index is -3.75. The van der Waals surface area contributed by atoms with Crippen molar-refractivity contribution in [3.63, 3.8) is 0 Å². The molecule has 0 unspecified atom stereocenters. The molecule has 6 heteroatoms. The molecule has 0 rings (SSSR count). The van der Waals surface area contributed by atoms with Gasteiger partial charge in [0.05, 0.1) is 0 Å². The minimum absolute atomic E-state index is 0.410. The van der Waals surface area contributed by atoms with Gasteiger partial charge in [0.1, 0.15) is 0 Å². The molecule has 0 aromatic rings. The van der Waals surface area contributed by atoms with Gasteiger partial charge >= 0.3 is 9.15 Å². The fraction of sp³-hybridized carbons (Fsp3) is 1.00. The first-order valence-electron chi connectivity index (χ1n) is 2.21. The number of nitrogens with two attached hydrogens (primary N) is 1. The van der Waals surface area contributed by atoms with Gasteiger partial charge in [0, 0.05) is 0 Å². The molecule has 0 saturated carbocycles. The molecule has 0 amide bonds. The van der Waals surface area contributed by atoms with E-state index in [2.05, 4.69) is 0 Å². The second-order valence-corrected chi connectivity index (χ2v) is 4.46. The molecule has 0 aromatic heterocycles. The van der Waals surface area contributed by atoms with E-state index in [-0.39, 0.29) is 0 Å². The van der Waals surface area contributed by atoms with Gasteiger partial charge in [0.2, 0.25) is 0 Å². The van der Waals surface area contributed by atoms with E-state index in [9.17, 15) is 8.42 Å². The normalized spacial score (nSPS) is 9.78. The van der Waals surface area contributed by atoms with E-state index in [4.69, 9.17) is 10.3 Å². The maximum atomic E-state index is 9.52. The van der Waals surface area contributed by atoms with Crippen LogP contribution in [0, 0.1) is 0 Å². The van der Waals surface area contributed by atoms with Crippen molar-refractivity contribution < 1.29 is 13.0 Å². The highest BCUT2D eigenvalue weighted by Gasteiger charge is 1.94. The Kier molecular flexibility index (Phi) is 8.42. The lowest BCUT2D eigenvalue weighted by Crippen LogP contribution is -1.87. The van der Waals surface area contributed by atoms with E-state index in [1.165, 1.54) is 6.26 Å². The van der Waals surface area contributed by atoms with E-state index < -0.39 is 9.15 Å². The van der Waals surface area contributed by atoms with Crippen molar-refractivity contribution in [2.45, 2.75) is 6.92 Å². The van der Waals surface area contributed by atoms with Gasteiger partial charge in [-0.2, -0.15) is 8.42 Å². The van der Waals surface area contributed by atoms with Crippen LogP contribution in [0.15, 0.2) is 0 Å². The van der Waals surface area contributed by atoms with E-state index >= 15 is 0 Å². The van der Waals surface area contributed by atoms with Crippen LogP contribution < -0.4 is 5.73 Å². The van der Waals surface area contributed by atoms with E-state index in [1.54, 1.807) is 0 Å². The largest absolute Gasteiger partial charge is 0.331 e. The summed E-state index contributed by atoms with van der Waals surface area (Å²) in [6, 6.07) is 0. The highest BCUT2D eigenvalue weighted by Crippen LogP contribution is 1.99. The minimum Gasteiger partial charge on any atom is -0.331 e. The summed E-state index contributed by atoms with van der Waals surface area (Å²) in [5.74, 6) is 0. The molecular formula is C3H11NO3S2. The maximum Gasteiger partial charge on any atom is 0.319 e. The molecule has 3 N–H and O–H groups in total. The van der Waals surface area contributed by atoms with Crippen molar-refractivity contribution in [2.75, 3.05) is 12.8 Å². The third kappa shape index (κ3) is 30.7. The van der Waals surface area contributed by atoms with Crippen molar-refractivity contribution in [3.8, 4) is 0 Å². The average Bonchev–Trinajstić information content (AvgIpc) is 1.67. The molecule has 0 aliphatic heterocycles. The summed E-state index contributed by atoms with van der Waals surface area (Å²) in [7, 11) is -3.34. The molecule has 0 radical (unpaired) electrons. The summed E-state index contributed by atoms with van der Waals surface area (Å²) in [4.78, 5) is 0. The van der Waals surface area contributed by atoms with Gasteiger partial charge in [-0.3, -0.25) is 4.55 Å². The molecule has 4 nitrogen and oxygen atoms in total. The quantitative estimate of drug-likeness (QED) is 0.435.